The maximum Gasteiger partial charge on any atom is 0.271 e. The Morgan fingerprint density at radius 3 is 2.20 bits per heavy atom. The van der Waals surface area contributed by atoms with Gasteiger partial charge in [0.15, 0.2) is 11.5 Å². The molecule has 132 valence electrons. The Balaban J connectivity index is 2.03. The number of carbonyl (C=O) groups is 1. The number of methoxy groups -OCH3 is 2. The summed E-state index contributed by atoms with van der Waals surface area (Å²) in [4.78, 5) is 12.2. The van der Waals surface area contributed by atoms with E-state index in [9.17, 15) is 4.79 Å². The van der Waals surface area contributed by atoms with Gasteiger partial charge in [-0.15, -0.1) is 0 Å². The van der Waals surface area contributed by atoms with Crippen molar-refractivity contribution >= 4 is 12.1 Å². The molecule has 25 heavy (non-hydrogen) atoms. The first-order valence-corrected chi connectivity index (χ1v) is 8.01. The topological polar surface area (TPSA) is 59.9 Å². The third kappa shape index (κ3) is 4.83. The summed E-state index contributed by atoms with van der Waals surface area (Å²) in [5.74, 6) is 0.752. The molecule has 0 heterocycles. The number of ether oxygens (including phenoxy) is 2. The van der Waals surface area contributed by atoms with Crippen LogP contribution in [0.1, 0.15) is 42.3 Å². The van der Waals surface area contributed by atoms with Crippen molar-refractivity contribution in [2.24, 2.45) is 5.10 Å². The van der Waals surface area contributed by atoms with Crippen molar-refractivity contribution in [2.45, 2.75) is 26.2 Å². The standard InChI is InChI=1S/C20H24N2O3/c1-20(2,3)16-9-6-14(7-10-16)13-21-22-19(23)15-8-11-17(24-4)18(12-15)25-5/h6-13H,1-5H3,(H,22,23)/b21-13+. The molecule has 0 aliphatic heterocycles. The maximum atomic E-state index is 12.2. The normalized spacial score (nSPS) is 11.4. The third-order valence-electron chi connectivity index (χ3n) is 3.80. The van der Waals surface area contributed by atoms with Crippen molar-refractivity contribution in [3.63, 3.8) is 0 Å². The minimum atomic E-state index is -0.316. The van der Waals surface area contributed by atoms with Crippen LogP contribution in [0.15, 0.2) is 47.6 Å². The molecule has 2 aromatic rings. The zero-order valence-corrected chi connectivity index (χ0v) is 15.3. The van der Waals surface area contributed by atoms with Crippen LogP contribution in [0.5, 0.6) is 11.5 Å². The molecule has 1 amide bonds. The number of benzene rings is 2. The molecule has 0 aliphatic rings. The van der Waals surface area contributed by atoms with E-state index in [0.717, 1.165) is 5.56 Å². The highest BCUT2D eigenvalue weighted by atomic mass is 16.5. The van der Waals surface area contributed by atoms with Gasteiger partial charge in [0, 0.05) is 5.56 Å². The van der Waals surface area contributed by atoms with Crippen LogP contribution in [0.25, 0.3) is 0 Å². The molecule has 0 radical (unpaired) electrons. The summed E-state index contributed by atoms with van der Waals surface area (Å²) in [5.41, 5.74) is 5.23. The smallest absolute Gasteiger partial charge is 0.271 e. The molecule has 0 fully saturated rings. The van der Waals surface area contributed by atoms with Crippen molar-refractivity contribution in [2.75, 3.05) is 14.2 Å². The number of nitrogens with zero attached hydrogens (tertiary/aromatic N) is 1. The second-order valence-electron chi connectivity index (χ2n) is 6.64. The van der Waals surface area contributed by atoms with Crippen LogP contribution in [0.4, 0.5) is 0 Å². The van der Waals surface area contributed by atoms with Crippen LogP contribution in [0, 0.1) is 0 Å². The Bertz CT molecular complexity index is 760. The highest BCUT2D eigenvalue weighted by molar-refractivity contribution is 5.95. The average Bonchev–Trinajstić information content (AvgIpc) is 2.60. The fraction of sp³-hybridized carbons (Fsp3) is 0.300. The highest BCUT2D eigenvalue weighted by Crippen LogP contribution is 2.27. The van der Waals surface area contributed by atoms with E-state index in [4.69, 9.17) is 9.47 Å². The summed E-state index contributed by atoms with van der Waals surface area (Å²) < 4.78 is 10.4. The molecule has 0 aromatic heterocycles. The van der Waals surface area contributed by atoms with E-state index in [1.54, 1.807) is 31.5 Å². The molecule has 5 nitrogen and oxygen atoms in total. The van der Waals surface area contributed by atoms with Gasteiger partial charge in [-0.05, 0) is 34.7 Å². The molecule has 0 saturated heterocycles. The zero-order valence-electron chi connectivity index (χ0n) is 15.3. The van der Waals surface area contributed by atoms with E-state index in [2.05, 4.69) is 43.4 Å². The fourth-order valence-corrected chi connectivity index (χ4v) is 2.28. The van der Waals surface area contributed by atoms with Gasteiger partial charge in [-0.1, -0.05) is 45.0 Å². The number of amides is 1. The lowest BCUT2D eigenvalue weighted by atomic mass is 9.87. The summed E-state index contributed by atoms with van der Waals surface area (Å²) in [6.07, 6.45) is 1.62. The van der Waals surface area contributed by atoms with Gasteiger partial charge in [0.25, 0.3) is 5.91 Å². The van der Waals surface area contributed by atoms with Crippen LogP contribution >= 0.6 is 0 Å². The SMILES string of the molecule is COc1ccc(C(=O)N/N=C/c2ccc(C(C)(C)C)cc2)cc1OC. The number of hydrogen-bond acceptors (Lipinski definition) is 4. The van der Waals surface area contributed by atoms with E-state index in [1.165, 1.54) is 12.7 Å². The van der Waals surface area contributed by atoms with E-state index in [1.807, 2.05) is 12.1 Å². The van der Waals surface area contributed by atoms with Gasteiger partial charge >= 0.3 is 0 Å². The number of rotatable bonds is 5. The second kappa shape index (κ2) is 7.83. The molecule has 2 rings (SSSR count). The van der Waals surface area contributed by atoms with E-state index in [-0.39, 0.29) is 11.3 Å². The van der Waals surface area contributed by atoms with Crippen molar-refractivity contribution in [1.82, 2.24) is 5.43 Å². The molecule has 5 heteroatoms. The van der Waals surface area contributed by atoms with Gasteiger partial charge in [-0.3, -0.25) is 4.79 Å². The third-order valence-corrected chi connectivity index (χ3v) is 3.80. The van der Waals surface area contributed by atoms with Crippen molar-refractivity contribution in [3.8, 4) is 11.5 Å². The van der Waals surface area contributed by atoms with Gasteiger partial charge in [0.2, 0.25) is 0 Å². The quantitative estimate of drug-likeness (QED) is 0.666. The lowest BCUT2D eigenvalue weighted by Crippen LogP contribution is -2.17. The predicted molar refractivity (Wildman–Crippen MR) is 99.7 cm³/mol. The molecule has 2 aromatic carbocycles. The van der Waals surface area contributed by atoms with Gasteiger partial charge < -0.3 is 9.47 Å². The molecule has 1 N–H and O–H groups in total. The first-order chi connectivity index (χ1) is 11.8. The zero-order chi connectivity index (χ0) is 18.4. The lowest BCUT2D eigenvalue weighted by molar-refractivity contribution is 0.0954. The highest BCUT2D eigenvalue weighted by Gasteiger charge is 2.12. The summed E-state index contributed by atoms with van der Waals surface area (Å²) in [5, 5.41) is 4.01. The number of hydrogen-bond donors (Lipinski definition) is 1. The second-order valence-corrected chi connectivity index (χ2v) is 6.64. The summed E-state index contributed by atoms with van der Waals surface area (Å²) in [6.45, 7) is 6.50. The minimum absolute atomic E-state index is 0.108. The van der Waals surface area contributed by atoms with Gasteiger partial charge in [0.1, 0.15) is 0 Å². The number of carbonyl (C=O) groups excluding carboxylic acids is 1. The Kier molecular flexibility index (Phi) is 5.80. The predicted octanol–water partition coefficient (Wildman–Crippen LogP) is 3.77. The van der Waals surface area contributed by atoms with Crippen LogP contribution in [0.3, 0.4) is 0 Å². The monoisotopic (exact) mass is 340 g/mol. The molecular weight excluding hydrogens is 316 g/mol. The summed E-state index contributed by atoms with van der Waals surface area (Å²) in [7, 11) is 3.08. The number of nitrogens with one attached hydrogen (secondary N) is 1. The molecule has 0 atom stereocenters. The largest absolute Gasteiger partial charge is 0.493 e. The lowest BCUT2D eigenvalue weighted by Gasteiger charge is -2.18. The Hall–Kier alpha value is -2.82. The average molecular weight is 340 g/mol. The van der Waals surface area contributed by atoms with Gasteiger partial charge in [-0.2, -0.15) is 5.10 Å². The molecule has 0 aliphatic carbocycles. The maximum absolute atomic E-state index is 12.2. The first kappa shape index (κ1) is 18.5. The van der Waals surface area contributed by atoms with Crippen molar-refractivity contribution in [1.29, 1.82) is 0 Å². The molecule has 0 spiro atoms. The fourth-order valence-electron chi connectivity index (χ4n) is 2.28. The summed E-state index contributed by atoms with van der Waals surface area (Å²) in [6, 6.07) is 13.0. The van der Waals surface area contributed by atoms with E-state index >= 15 is 0 Å². The van der Waals surface area contributed by atoms with Crippen molar-refractivity contribution < 1.29 is 14.3 Å². The van der Waals surface area contributed by atoms with Gasteiger partial charge in [-0.25, -0.2) is 5.43 Å². The van der Waals surface area contributed by atoms with E-state index in [0.29, 0.717) is 17.1 Å². The Morgan fingerprint density at radius 2 is 1.64 bits per heavy atom. The molecule has 0 saturated carbocycles. The van der Waals surface area contributed by atoms with Crippen molar-refractivity contribution in [3.05, 3.63) is 59.2 Å². The first-order valence-electron chi connectivity index (χ1n) is 8.01. The van der Waals surface area contributed by atoms with E-state index < -0.39 is 0 Å². The number of hydrazone groups is 1. The van der Waals surface area contributed by atoms with Crippen LogP contribution in [-0.2, 0) is 5.41 Å². The molecule has 0 bridgehead atoms. The van der Waals surface area contributed by atoms with Gasteiger partial charge in [0.05, 0.1) is 20.4 Å². The van der Waals surface area contributed by atoms with Crippen LogP contribution in [-0.4, -0.2) is 26.3 Å². The summed E-state index contributed by atoms with van der Waals surface area (Å²) >= 11 is 0. The van der Waals surface area contributed by atoms with Crippen LogP contribution in [0.2, 0.25) is 0 Å². The molecular formula is C20H24N2O3. The molecule has 0 unspecified atom stereocenters. The minimum Gasteiger partial charge on any atom is -0.493 e. The Morgan fingerprint density at radius 1 is 1.00 bits per heavy atom. The van der Waals surface area contributed by atoms with Crippen LogP contribution < -0.4 is 14.9 Å². The Labute approximate surface area is 148 Å².